The Morgan fingerprint density at radius 2 is 2.35 bits per heavy atom. The Labute approximate surface area is 101 Å². The predicted octanol–water partition coefficient (Wildman–Crippen LogP) is 1.98. The average Bonchev–Trinajstić information content (AvgIpc) is 2.80. The lowest BCUT2D eigenvalue weighted by Crippen LogP contribution is -2.02. The molecule has 1 aromatic heterocycles. The molecule has 0 atom stereocenters. The number of aromatic amines is 1. The van der Waals surface area contributed by atoms with Crippen molar-refractivity contribution in [2.45, 2.75) is 6.54 Å². The number of halogens is 1. The Hall–Kier alpha value is -2.15. The molecular formula is C9H8ClN5O2. The highest BCUT2D eigenvalue weighted by Gasteiger charge is 2.09. The summed E-state index contributed by atoms with van der Waals surface area (Å²) < 4.78 is 0. The largest absolute Gasteiger partial charge is 0.377 e. The minimum Gasteiger partial charge on any atom is -0.377 e. The van der Waals surface area contributed by atoms with Gasteiger partial charge in [0.25, 0.3) is 5.69 Å². The summed E-state index contributed by atoms with van der Waals surface area (Å²) in [6.07, 6.45) is 1.40. The zero-order chi connectivity index (χ0) is 12.3. The number of benzene rings is 1. The SMILES string of the molecule is O=[N+]([O-])c1ccc(NCc2ncn[nH]2)c(Cl)c1. The quantitative estimate of drug-likeness (QED) is 0.641. The van der Waals surface area contributed by atoms with Gasteiger partial charge in [-0.25, -0.2) is 4.98 Å². The van der Waals surface area contributed by atoms with E-state index in [0.717, 1.165) is 0 Å². The lowest BCUT2D eigenvalue weighted by atomic mass is 10.3. The molecule has 8 heteroatoms. The van der Waals surface area contributed by atoms with E-state index in [1.54, 1.807) is 6.07 Å². The summed E-state index contributed by atoms with van der Waals surface area (Å²) in [5, 5.41) is 20.2. The first kappa shape index (κ1) is 11.3. The van der Waals surface area contributed by atoms with Gasteiger partial charge in [0.05, 0.1) is 22.2 Å². The summed E-state index contributed by atoms with van der Waals surface area (Å²) in [6, 6.07) is 4.23. The van der Waals surface area contributed by atoms with E-state index in [4.69, 9.17) is 11.6 Å². The minimum atomic E-state index is -0.494. The lowest BCUT2D eigenvalue weighted by Gasteiger charge is -2.05. The maximum Gasteiger partial charge on any atom is 0.271 e. The third kappa shape index (κ3) is 2.70. The molecule has 17 heavy (non-hydrogen) atoms. The number of anilines is 1. The van der Waals surface area contributed by atoms with Crippen molar-refractivity contribution in [2.75, 3.05) is 5.32 Å². The standard InChI is InChI=1S/C9H8ClN5O2/c10-7-3-6(15(16)17)1-2-8(7)11-4-9-12-5-13-14-9/h1-3,5,11H,4H2,(H,12,13,14). The average molecular weight is 254 g/mol. The van der Waals surface area contributed by atoms with Crippen molar-refractivity contribution in [3.05, 3.63) is 45.5 Å². The summed E-state index contributed by atoms with van der Waals surface area (Å²) in [7, 11) is 0. The summed E-state index contributed by atoms with van der Waals surface area (Å²) in [4.78, 5) is 13.9. The number of hydrogen-bond acceptors (Lipinski definition) is 5. The summed E-state index contributed by atoms with van der Waals surface area (Å²) in [5.74, 6) is 0.652. The van der Waals surface area contributed by atoms with Gasteiger partial charge in [0, 0.05) is 12.1 Å². The van der Waals surface area contributed by atoms with Gasteiger partial charge in [0.2, 0.25) is 0 Å². The van der Waals surface area contributed by atoms with Gasteiger partial charge >= 0.3 is 0 Å². The molecule has 0 saturated heterocycles. The van der Waals surface area contributed by atoms with Gasteiger partial charge in [-0.2, -0.15) is 5.10 Å². The van der Waals surface area contributed by atoms with Gasteiger partial charge in [0.1, 0.15) is 12.2 Å². The Balaban J connectivity index is 2.09. The predicted molar refractivity (Wildman–Crippen MR) is 61.8 cm³/mol. The normalized spacial score (nSPS) is 10.2. The number of H-pyrrole nitrogens is 1. The molecule has 0 amide bonds. The fourth-order valence-electron chi connectivity index (χ4n) is 1.26. The molecule has 0 aliphatic carbocycles. The van der Waals surface area contributed by atoms with Gasteiger partial charge in [0.15, 0.2) is 0 Å². The van der Waals surface area contributed by atoms with Gasteiger partial charge < -0.3 is 5.32 Å². The Morgan fingerprint density at radius 1 is 1.53 bits per heavy atom. The third-order valence-electron chi connectivity index (χ3n) is 2.07. The smallest absolute Gasteiger partial charge is 0.271 e. The highest BCUT2D eigenvalue weighted by molar-refractivity contribution is 6.33. The van der Waals surface area contributed by atoms with Crippen molar-refractivity contribution in [3.63, 3.8) is 0 Å². The molecule has 1 aromatic carbocycles. The molecule has 0 spiro atoms. The number of nitro groups is 1. The molecule has 0 unspecified atom stereocenters. The summed E-state index contributed by atoms with van der Waals surface area (Å²) >= 11 is 5.90. The van der Waals surface area contributed by atoms with Crippen LogP contribution in [0.15, 0.2) is 24.5 Å². The number of rotatable bonds is 4. The van der Waals surface area contributed by atoms with Crippen LogP contribution in [0.4, 0.5) is 11.4 Å². The number of nitrogens with zero attached hydrogens (tertiary/aromatic N) is 3. The van der Waals surface area contributed by atoms with Crippen LogP contribution in [0.2, 0.25) is 5.02 Å². The van der Waals surface area contributed by atoms with Crippen molar-refractivity contribution in [3.8, 4) is 0 Å². The second-order valence-corrected chi connectivity index (χ2v) is 3.61. The van der Waals surface area contributed by atoms with Crippen molar-refractivity contribution < 1.29 is 4.92 Å². The van der Waals surface area contributed by atoms with Gasteiger partial charge in [-0.05, 0) is 6.07 Å². The molecule has 0 bridgehead atoms. The van der Waals surface area contributed by atoms with E-state index < -0.39 is 4.92 Å². The van der Waals surface area contributed by atoms with Crippen LogP contribution in [0.3, 0.4) is 0 Å². The van der Waals surface area contributed by atoms with E-state index in [1.807, 2.05) is 0 Å². The van der Waals surface area contributed by atoms with E-state index in [-0.39, 0.29) is 5.69 Å². The lowest BCUT2D eigenvalue weighted by molar-refractivity contribution is -0.384. The monoisotopic (exact) mass is 253 g/mol. The Bertz CT molecular complexity index is 528. The summed E-state index contributed by atoms with van der Waals surface area (Å²) in [5.41, 5.74) is 0.564. The molecule has 0 fully saturated rings. The number of aromatic nitrogens is 3. The first-order valence-corrected chi connectivity index (χ1v) is 5.06. The first-order chi connectivity index (χ1) is 8.16. The molecule has 1 heterocycles. The molecule has 0 aliphatic rings. The molecule has 2 N–H and O–H groups in total. The molecule has 0 saturated carbocycles. The molecule has 2 rings (SSSR count). The molecular weight excluding hydrogens is 246 g/mol. The number of hydrogen-bond donors (Lipinski definition) is 2. The van der Waals surface area contributed by atoms with E-state index in [1.165, 1.54) is 18.5 Å². The molecule has 2 aromatic rings. The fraction of sp³-hybridized carbons (Fsp3) is 0.111. The molecule has 7 nitrogen and oxygen atoms in total. The van der Waals surface area contributed by atoms with E-state index >= 15 is 0 Å². The number of nitro benzene ring substituents is 1. The van der Waals surface area contributed by atoms with Crippen LogP contribution >= 0.6 is 11.6 Å². The van der Waals surface area contributed by atoms with Crippen LogP contribution in [0, 0.1) is 10.1 Å². The summed E-state index contributed by atoms with van der Waals surface area (Å²) in [6.45, 7) is 0.414. The van der Waals surface area contributed by atoms with Crippen LogP contribution in [0.1, 0.15) is 5.82 Å². The van der Waals surface area contributed by atoms with Crippen molar-refractivity contribution in [2.24, 2.45) is 0 Å². The van der Waals surface area contributed by atoms with Crippen LogP contribution in [-0.4, -0.2) is 20.1 Å². The van der Waals surface area contributed by atoms with Crippen LogP contribution in [0.5, 0.6) is 0 Å². The highest BCUT2D eigenvalue weighted by Crippen LogP contribution is 2.26. The second-order valence-electron chi connectivity index (χ2n) is 3.21. The topological polar surface area (TPSA) is 96.7 Å². The fourth-order valence-corrected chi connectivity index (χ4v) is 1.50. The molecule has 0 radical (unpaired) electrons. The third-order valence-corrected chi connectivity index (χ3v) is 2.39. The van der Waals surface area contributed by atoms with Crippen molar-refractivity contribution in [1.82, 2.24) is 15.2 Å². The van der Waals surface area contributed by atoms with Crippen LogP contribution < -0.4 is 5.32 Å². The molecule has 0 aliphatic heterocycles. The number of nitrogens with one attached hydrogen (secondary N) is 2. The van der Waals surface area contributed by atoms with Crippen molar-refractivity contribution in [1.29, 1.82) is 0 Å². The van der Waals surface area contributed by atoms with Gasteiger partial charge in [-0.1, -0.05) is 11.6 Å². The molecule has 88 valence electrons. The zero-order valence-corrected chi connectivity index (χ0v) is 9.31. The minimum absolute atomic E-state index is 0.0415. The van der Waals surface area contributed by atoms with Gasteiger partial charge in [-0.15, -0.1) is 0 Å². The van der Waals surface area contributed by atoms with Crippen LogP contribution in [0.25, 0.3) is 0 Å². The number of non-ortho nitro benzene ring substituents is 1. The second kappa shape index (κ2) is 4.79. The maximum absolute atomic E-state index is 10.5. The highest BCUT2D eigenvalue weighted by atomic mass is 35.5. The van der Waals surface area contributed by atoms with E-state index in [0.29, 0.717) is 23.1 Å². The van der Waals surface area contributed by atoms with E-state index in [9.17, 15) is 10.1 Å². The Kier molecular flexibility index (Phi) is 3.20. The zero-order valence-electron chi connectivity index (χ0n) is 8.55. The van der Waals surface area contributed by atoms with E-state index in [2.05, 4.69) is 20.5 Å². The Morgan fingerprint density at radius 3 is 2.94 bits per heavy atom. The maximum atomic E-state index is 10.5. The van der Waals surface area contributed by atoms with Crippen LogP contribution in [-0.2, 0) is 6.54 Å². The van der Waals surface area contributed by atoms with Gasteiger partial charge in [-0.3, -0.25) is 15.2 Å². The first-order valence-electron chi connectivity index (χ1n) is 4.69. The van der Waals surface area contributed by atoms with Crippen molar-refractivity contribution >= 4 is 23.0 Å².